The average Bonchev–Trinajstić information content (AvgIpc) is 3.46. The fourth-order valence-electron chi connectivity index (χ4n) is 8.46. The Bertz CT molecular complexity index is 2080. The third kappa shape index (κ3) is 6.23. The summed E-state index contributed by atoms with van der Waals surface area (Å²) in [4.78, 5) is 45.0. The number of fused-ring (bicyclic) bond motifs is 4. The zero-order valence-corrected chi connectivity index (χ0v) is 30.1. The number of rotatable bonds is 6. The average molecular weight is 683 g/mol. The fourth-order valence-corrected chi connectivity index (χ4v) is 8.46. The Kier molecular flexibility index (Phi) is 8.44. The third-order valence-corrected chi connectivity index (χ3v) is 10.3. The lowest BCUT2D eigenvalue weighted by atomic mass is 9.90. The van der Waals surface area contributed by atoms with Crippen molar-refractivity contribution >= 4 is 33.7 Å². The van der Waals surface area contributed by atoms with Gasteiger partial charge in [0, 0.05) is 37.4 Å². The van der Waals surface area contributed by atoms with Gasteiger partial charge in [0.25, 0.3) is 5.91 Å². The minimum atomic E-state index is -0.621. The number of nitrogens with zero attached hydrogens (tertiary/aromatic N) is 3. The van der Waals surface area contributed by atoms with Crippen molar-refractivity contribution in [2.75, 3.05) is 33.7 Å². The molecule has 2 amide bonds. The summed E-state index contributed by atoms with van der Waals surface area (Å²) in [6.07, 6.45) is 4.28. The number of halogens is 1. The highest BCUT2D eigenvalue weighted by molar-refractivity contribution is 6.00. The first-order valence-electron chi connectivity index (χ1n) is 17.7. The van der Waals surface area contributed by atoms with Gasteiger partial charge in [-0.3, -0.25) is 9.59 Å². The van der Waals surface area contributed by atoms with Crippen LogP contribution in [0.1, 0.15) is 82.1 Å². The van der Waals surface area contributed by atoms with Crippen LogP contribution in [0.3, 0.4) is 0 Å². The summed E-state index contributed by atoms with van der Waals surface area (Å²) in [5, 5.41) is 4.97. The van der Waals surface area contributed by atoms with E-state index in [1.807, 2.05) is 80.7 Å². The van der Waals surface area contributed by atoms with Gasteiger partial charge in [0.1, 0.15) is 22.5 Å². The molecule has 1 aliphatic carbocycles. The van der Waals surface area contributed by atoms with Gasteiger partial charge in [0.2, 0.25) is 5.43 Å². The van der Waals surface area contributed by atoms with Crippen LogP contribution in [-0.2, 0) is 4.74 Å². The van der Waals surface area contributed by atoms with E-state index in [-0.39, 0.29) is 40.3 Å². The highest BCUT2D eigenvalue weighted by Gasteiger charge is 2.45. The maximum atomic E-state index is 16.7. The summed E-state index contributed by atoms with van der Waals surface area (Å²) in [5.74, 6) is -0.302. The summed E-state index contributed by atoms with van der Waals surface area (Å²) in [5.41, 5.74) is 0.0438. The molecule has 3 unspecified atom stereocenters. The van der Waals surface area contributed by atoms with Crippen molar-refractivity contribution in [3.63, 3.8) is 0 Å². The van der Waals surface area contributed by atoms with Crippen LogP contribution in [0.4, 0.5) is 9.18 Å². The van der Waals surface area contributed by atoms with Crippen LogP contribution in [0.2, 0.25) is 0 Å². The molecule has 3 aliphatic rings. The molecule has 9 nitrogen and oxygen atoms in total. The van der Waals surface area contributed by atoms with Crippen molar-refractivity contribution in [2.24, 2.45) is 11.3 Å². The highest BCUT2D eigenvalue weighted by Crippen LogP contribution is 2.52. The molecule has 4 aromatic rings. The number of ether oxygens (including phenoxy) is 2. The third-order valence-electron chi connectivity index (χ3n) is 10.3. The number of piperidine rings is 1. The van der Waals surface area contributed by atoms with Crippen LogP contribution in [0, 0.1) is 17.2 Å². The minimum Gasteiger partial charge on any atom is -0.452 e. The van der Waals surface area contributed by atoms with E-state index >= 15 is 4.39 Å². The van der Waals surface area contributed by atoms with Crippen molar-refractivity contribution in [1.82, 2.24) is 19.7 Å². The van der Waals surface area contributed by atoms with Crippen molar-refractivity contribution in [2.45, 2.75) is 77.9 Å². The number of amides is 2. The molecule has 3 atom stereocenters. The first-order valence-corrected chi connectivity index (χ1v) is 17.7. The van der Waals surface area contributed by atoms with E-state index in [1.54, 1.807) is 6.20 Å². The van der Waals surface area contributed by atoms with Crippen LogP contribution in [-0.4, -0.2) is 71.7 Å². The standard InChI is InChI=1S/C40H47FN4O5/c1-39(2,3)50-38(48)44-14-10-13-25-15-26(17-30(25)44)33-29(41)19-27-34-36(33)49-32-18-24-12-9-8-11-23(24)16-31(32)45(34)20-28(35(27)46)37(47)42-21-40(4,5)22-43(6)7/h8-9,11-12,16,18-20,25-26,30H,10,13-15,17,21-22H2,1-7H3,(H,42,47). The molecule has 1 saturated carbocycles. The van der Waals surface area contributed by atoms with Crippen LogP contribution >= 0.6 is 0 Å². The van der Waals surface area contributed by atoms with E-state index in [0.717, 1.165) is 30.2 Å². The number of aromatic nitrogens is 1. The van der Waals surface area contributed by atoms with Gasteiger partial charge in [-0.1, -0.05) is 38.1 Å². The Morgan fingerprint density at radius 1 is 1.06 bits per heavy atom. The number of pyridine rings is 1. The highest BCUT2D eigenvalue weighted by atomic mass is 19.1. The van der Waals surface area contributed by atoms with E-state index < -0.39 is 22.8 Å². The fraction of sp³-hybridized carbons (Fsp3) is 0.475. The van der Waals surface area contributed by atoms with Crippen molar-refractivity contribution < 1.29 is 23.5 Å². The smallest absolute Gasteiger partial charge is 0.410 e. The summed E-state index contributed by atoms with van der Waals surface area (Å²) in [6, 6.07) is 13.0. The second kappa shape index (κ2) is 12.4. The summed E-state index contributed by atoms with van der Waals surface area (Å²) in [6.45, 7) is 11.4. The van der Waals surface area contributed by atoms with Gasteiger partial charge in [-0.2, -0.15) is 0 Å². The zero-order valence-electron chi connectivity index (χ0n) is 30.1. The zero-order chi connectivity index (χ0) is 35.7. The van der Waals surface area contributed by atoms with E-state index in [9.17, 15) is 14.4 Å². The van der Waals surface area contributed by atoms with E-state index in [0.29, 0.717) is 54.2 Å². The van der Waals surface area contributed by atoms with Crippen molar-refractivity contribution in [3.8, 4) is 17.2 Å². The number of hydrogen-bond donors (Lipinski definition) is 1. The molecule has 2 aliphatic heterocycles. The number of carbonyl (C=O) groups excluding carboxylic acids is 2. The van der Waals surface area contributed by atoms with Gasteiger partial charge in [-0.25, -0.2) is 9.18 Å². The molecule has 2 fully saturated rings. The predicted octanol–water partition coefficient (Wildman–Crippen LogP) is 7.60. The van der Waals surface area contributed by atoms with Crippen LogP contribution in [0.5, 0.6) is 11.5 Å². The Balaban J connectivity index is 1.34. The summed E-state index contributed by atoms with van der Waals surface area (Å²) < 4.78 is 30.9. The first kappa shape index (κ1) is 34.0. The Labute approximate surface area is 292 Å². The van der Waals surface area contributed by atoms with Crippen LogP contribution in [0.15, 0.2) is 53.5 Å². The largest absolute Gasteiger partial charge is 0.452 e. The molecule has 264 valence electrons. The maximum Gasteiger partial charge on any atom is 0.410 e. The summed E-state index contributed by atoms with van der Waals surface area (Å²) >= 11 is 0. The van der Waals surface area contributed by atoms with Crippen molar-refractivity contribution in [3.05, 3.63) is 75.8 Å². The normalized spacial score (nSPS) is 20.1. The molecule has 10 heteroatoms. The molecule has 1 saturated heterocycles. The Morgan fingerprint density at radius 2 is 1.78 bits per heavy atom. The lowest BCUT2D eigenvalue weighted by Crippen LogP contribution is -2.48. The SMILES string of the molecule is CN(C)CC(C)(C)CNC(=O)c1cn2c3c(c(C4CC5CCCN(C(=O)OC(C)(C)C)C5C4)c(F)cc3c1=O)Oc1cc3ccccc3cc1-2. The van der Waals surface area contributed by atoms with Gasteiger partial charge in [0.15, 0.2) is 11.5 Å². The molecular formula is C40H47FN4O5. The summed E-state index contributed by atoms with van der Waals surface area (Å²) in [7, 11) is 3.95. The maximum absolute atomic E-state index is 16.7. The molecule has 3 aromatic carbocycles. The monoisotopic (exact) mass is 682 g/mol. The molecule has 0 spiro atoms. The number of likely N-dealkylation sites (tertiary alicyclic amines) is 1. The van der Waals surface area contributed by atoms with Gasteiger partial charge in [-0.05, 0) is 107 Å². The molecule has 0 radical (unpaired) electrons. The molecule has 1 N–H and O–H groups in total. The van der Waals surface area contributed by atoms with E-state index in [1.165, 1.54) is 6.07 Å². The van der Waals surface area contributed by atoms with E-state index in [4.69, 9.17) is 9.47 Å². The lowest BCUT2D eigenvalue weighted by molar-refractivity contribution is 0.00427. The molecule has 7 rings (SSSR count). The molecular weight excluding hydrogens is 635 g/mol. The van der Waals surface area contributed by atoms with Gasteiger partial charge < -0.3 is 29.2 Å². The van der Waals surface area contributed by atoms with Crippen LogP contribution < -0.4 is 15.5 Å². The van der Waals surface area contributed by atoms with E-state index in [2.05, 4.69) is 24.1 Å². The predicted molar refractivity (Wildman–Crippen MR) is 193 cm³/mol. The van der Waals surface area contributed by atoms with Crippen LogP contribution in [0.25, 0.3) is 27.4 Å². The van der Waals surface area contributed by atoms with Crippen molar-refractivity contribution in [1.29, 1.82) is 0 Å². The topological polar surface area (TPSA) is 93.1 Å². The van der Waals surface area contributed by atoms with Gasteiger partial charge in [0.05, 0.1) is 11.1 Å². The first-order chi connectivity index (χ1) is 23.6. The Morgan fingerprint density at radius 3 is 2.48 bits per heavy atom. The molecule has 1 aromatic heterocycles. The molecule has 3 heterocycles. The number of benzene rings is 3. The molecule has 50 heavy (non-hydrogen) atoms. The minimum absolute atomic E-state index is 0.0582. The quantitative estimate of drug-likeness (QED) is 0.198. The number of hydrogen-bond acceptors (Lipinski definition) is 6. The van der Waals surface area contributed by atoms with Gasteiger partial charge >= 0.3 is 6.09 Å². The van der Waals surface area contributed by atoms with Gasteiger partial charge in [-0.15, -0.1) is 0 Å². The number of nitrogens with one attached hydrogen (secondary N) is 1. The lowest BCUT2D eigenvalue weighted by Gasteiger charge is -2.38. The second-order valence-corrected chi connectivity index (χ2v) is 16.4. The second-order valence-electron chi connectivity index (χ2n) is 16.4. The Hall–Kier alpha value is -4.44. The molecule has 0 bridgehead atoms. The number of carbonyl (C=O) groups is 2.